The highest BCUT2D eigenvalue weighted by Crippen LogP contribution is 2.40. The van der Waals surface area contributed by atoms with Crippen molar-refractivity contribution in [3.63, 3.8) is 0 Å². The van der Waals surface area contributed by atoms with E-state index in [0.29, 0.717) is 18.5 Å². The molecule has 0 radical (unpaired) electrons. The van der Waals surface area contributed by atoms with E-state index in [1.54, 1.807) is 0 Å². The quantitative estimate of drug-likeness (QED) is 0.932. The first-order valence-electron chi connectivity index (χ1n) is 8.52. The second-order valence-corrected chi connectivity index (χ2v) is 7.79. The number of rotatable bonds is 3. The van der Waals surface area contributed by atoms with Crippen molar-refractivity contribution in [2.75, 3.05) is 20.7 Å². The van der Waals surface area contributed by atoms with Crippen LogP contribution in [0.4, 0.5) is 0 Å². The van der Waals surface area contributed by atoms with E-state index in [-0.39, 0.29) is 5.54 Å². The summed E-state index contributed by atoms with van der Waals surface area (Å²) in [6.45, 7) is 4.73. The zero-order valence-electron chi connectivity index (χ0n) is 14.7. The van der Waals surface area contributed by atoms with Gasteiger partial charge in [0, 0.05) is 11.6 Å². The molecule has 2 aliphatic rings. The van der Waals surface area contributed by atoms with Crippen molar-refractivity contribution in [2.24, 2.45) is 4.99 Å². The number of aliphatic hydroxyl groups is 1. The Kier molecular flexibility index (Phi) is 4.23. The highest BCUT2D eigenvalue weighted by Gasteiger charge is 2.38. The van der Waals surface area contributed by atoms with Gasteiger partial charge in [-0.1, -0.05) is 18.2 Å². The van der Waals surface area contributed by atoms with Crippen molar-refractivity contribution in [1.82, 2.24) is 4.90 Å². The molecule has 0 amide bonds. The number of ether oxygens (including phenoxy) is 1. The molecule has 0 aromatic heterocycles. The summed E-state index contributed by atoms with van der Waals surface area (Å²) in [5.74, 6) is 0.675. The van der Waals surface area contributed by atoms with Crippen LogP contribution in [0.25, 0.3) is 0 Å². The Balaban J connectivity index is 1.90. The van der Waals surface area contributed by atoms with Crippen molar-refractivity contribution < 1.29 is 9.84 Å². The monoisotopic (exact) mass is 316 g/mol. The van der Waals surface area contributed by atoms with Gasteiger partial charge in [0.2, 0.25) is 5.90 Å². The summed E-state index contributed by atoms with van der Waals surface area (Å²) in [7, 11) is 4.23. The van der Waals surface area contributed by atoms with Crippen molar-refractivity contribution >= 4 is 5.90 Å². The predicted molar refractivity (Wildman–Crippen MR) is 92.8 cm³/mol. The molecule has 1 aliphatic heterocycles. The molecule has 1 aromatic rings. The minimum absolute atomic E-state index is 0.187. The fraction of sp³-hybridized carbons (Fsp3) is 0.632. The van der Waals surface area contributed by atoms with Gasteiger partial charge in [-0.25, -0.2) is 4.99 Å². The molecule has 0 atom stereocenters. The van der Waals surface area contributed by atoms with Gasteiger partial charge in [0.1, 0.15) is 6.61 Å². The molecule has 1 fully saturated rings. The van der Waals surface area contributed by atoms with Crippen molar-refractivity contribution in [2.45, 2.75) is 56.7 Å². The molecule has 23 heavy (non-hydrogen) atoms. The topological polar surface area (TPSA) is 45.1 Å². The first kappa shape index (κ1) is 16.5. The number of benzene rings is 1. The van der Waals surface area contributed by atoms with Gasteiger partial charge in [0.15, 0.2) is 0 Å². The number of aliphatic imine (C=N–C) groups is 1. The molecule has 0 unspecified atom stereocenters. The third kappa shape index (κ3) is 3.29. The number of nitrogens with zero attached hydrogens (tertiary/aromatic N) is 2. The molecule has 0 spiro atoms. The van der Waals surface area contributed by atoms with Gasteiger partial charge in [0.25, 0.3) is 0 Å². The molecule has 0 bridgehead atoms. The Morgan fingerprint density at radius 2 is 1.83 bits per heavy atom. The summed E-state index contributed by atoms with van der Waals surface area (Å²) in [6, 6.07) is 8.59. The highest BCUT2D eigenvalue weighted by molar-refractivity contribution is 5.97. The van der Waals surface area contributed by atoms with Crippen molar-refractivity contribution in [1.29, 1.82) is 0 Å². The molecule has 4 nitrogen and oxygen atoms in total. The van der Waals surface area contributed by atoms with Crippen LogP contribution in [0.2, 0.25) is 0 Å². The van der Waals surface area contributed by atoms with Gasteiger partial charge < -0.3 is 14.7 Å². The second-order valence-electron chi connectivity index (χ2n) is 7.79. The minimum Gasteiger partial charge on any atom is -0.475 e. The molecule has 1 N–H and O–H groups in total. The average Bonchev–Trinajstić information content (AvgIpc) is 2.88. The number of hydrogen-bond acceptors (Lipinski definition) is 4. The van der Waals surface area contributed by atoms with Crippen molar-refractivity contribution in [3.8, 4) is 0 Å². The third-order valence-electron chi connectivity index (χ3n) is 5.14. The summed E-state index contributed by atoms with van der Waals surface area (Å²) < 4.78 is 5.82. The van der Waals surface area contributed by atoms with Gasteiger partial charge in [0.05, 0.1) is 11.1 Å². The Morgan fingerprint density at radius 3 is 2.39 bits per heavy atom. The van der Waals surface area contributed by atoms with Gasteiger partial charge in [-0.15, -0.1) is 0 Å². The highest BCUT2D eigenvalue weighted by atomic mass is 16.5. The minimum atomic E-state index is -0.776. The van der Waals surface area contributed by atoms with Crippen molar-refractivity contribution in [3.05, 3.63) is 35.4 Å². The van der Waals surface area contributed by atoms with Gasteiger partial charge in [-0.2, -0.15) is 0 Å². The molecule has 3 rings (SSSR count). The summed E-state index contributed by atoms with van der Waals surface area (Å²) in [6.07, 6.45) is 3.58. The smallest absolute Gasteiger partial charge is 0.217 e. The number of hydrogen-bond donors (Lipinski definition) is 1. The predicted octanol–water partition coefficient (Wildman–Crippen LogP) is 2.93. The first-order chi connectivity index (χ1) is 10.8. The summed E-state index contributed by atoms with van der Waals surface area (Å²) in [5.41, 5.74) is 0.951. The largest absolute Gasteiger partial charge is 0.475 e. The third-order valence-corrected chi connectivity index (χ3v) is 5.14. The van der Waals surface area contributed by atoms with Crippen LogP contribution < -0.4 is 0 Å². The maximum absolute atomic E-state index is 11.3. The maximum Gasteiger partial charge on any atom is 0.217 e. The molecular weight excluding hydrogens is 288 g/mol. The SMILES string of the molecule is CN(C)[C@H]1CC[C@](O)(c2ccccc2C2=NC(C)(C)CO2)CC1. The van der Waals surface area contributed by atoms with Crippen LogP contribution in [0.3, 0.4) is 0 Å². The average molecular weight is 316 g/mol. The normalized spacial score (nSPS) is 30.2. The molecule has 0 saturated heterocycles. The fourth-order valence-corrected chi connectivity index (χ4v) is 3.66. The van der Waals surface area contributed by atoms with Gasteiger partial charge in [-0.05, 0) is 65.3 Å². The van der Waals surface area contributed by atoms with E-state index in [1.165, 1.54) is 0 Å². The first-order valence-corrected chi connectivity index (χ1v) is 8.52. The van der Waals surface area contributed by atoms with Crippen LogP contribution >= 0.6 is 0 Å². The van der Waals surface area contributed by atoms with E-state index in [2.05, 4.69) is 32.8 Å². The van der Waals surface area contributed by atoms with E-state index < -0.39 is 5.60 Å². The lowest BCUT2D eigenvalue weighted by Crippen LogP contribution is -2.40. The van der Waals surface area contributed by atoms with E-state index >= 15 is 0 Å². The zero-order chi connectivity index (χ0) is 16.7. The standard InChI is InChI=1S/C19H28N2O2/c1-18(2)13-23-17(20-18)15-7-5-6-8-16(15)19(22)11-9-14(10-12-19)21(3)4/h5-8,14,22H,9-13H2,1-4H3/t14-,19+. The Bertz CT molecular complexity index is 599. The van der Waals surface area contributed by atoms with E-state index in [4.69, 9.17) is 9.73 Å². The summed E-state index contributed by atoms with van der Waals surface area (Å²) in [4.78, 5) is 6.96. The maximum atomic E-state index is 11.3. The second kappa shape index (κ2) is 5.91. The van der Waals surface area contributed by atoms with Gasteiger partial charge in [-0.3, -0.25) is 0 Å². The van der Waals surface area contributed by atoms with Crippen LogP contribution in [0, 0.1) is 0 Å². The lowest BCUT2D eigenvalue weighted by Gasteiger charge is -2.39. The fourth-order valence-electron chi connectivity index (χ4n) is 3.66. The van der Waals surface area contributed by atoms with Crippen LogP contribution in [-0.2, 0) is 10.3 Å². The zero-order valence-corrected chi connectivity index (χ0v) is 14.7. The van der Waals surface area contributed by atoms with Crippen LogP contribution in [0.5, 0.6) is 0 Å². The Labute approximate surface area is 139 Å². The molecule has 1 aromatic carbocycles. The molecule has 1 heterocycles. The summed E-state index contributed by atoms with van der Waals surface area (Å²) in [5, 5.41) is 11.3. The lowest BCUT2D eigenvalue weighted by molar-refractivity contribution is -0.0192. The molecule has 126 valence electrons. The molecule has 1 aliphatic carbocycles. The van der Waals surface area contributed by atoms with Gasteiger partial charge >= 0.3 is 0 Å². The molecular formula is C19H28N2O2. The molecule has 4 heteroatoms. The lowest BCUT2D eigenvalue weighted by atomic mass is 9.76. The van der Waals surface area contributed by atoms with E-state index in [0.717, 1.165) is 36.8 Å². The molecule has 1 saturated carbocycles. The van der Waals surface area contributed by atoms with E-state index in [9.17, 15) is 5.11 Å². The van der Waals surface area contributed by atoms with Crippen LogP contribution in [-0.4, -0.2) is 48.2 Å². The van der Waals surface area contributed by atoms with Crippen LogP contribution in [0.15, 0.2) is 29.3 Å². The van der Waals surface area contributed by atoms with E-state index in [1.807, 2.05) is 24.3 Å². The Hall–Kier alpha value is -1.39. The Morgan fingerprint density at radius 1 is 1.17 bits per heavy atom. The van der Waals surface area contributed by atoms with Crippen LogP contribution in [0.1, 0.15) is 50.7 Å². The summed E-state index contributed by atoms with van der Waals surface area (Å²) >= 11 is 0.